The second kappa shape index (κ2) is 4.70. The van der Waals surface area contributed by atoms with Crippen LogP contribution in [0.15, 0.2) is 12.1 Å². The van der Waals surface area contributed by atoms with Crippen LogP contribution in [-0.2, 0) is 4.74 Å². The molecule has 1 aliphatic heterocycles. The van der Waals surface area contributed by atoms with Crippen molar-refractivity contribution in [3.63, 3.8) is 0 Å². The molecule has 1 fully saturated rings. The monoisotopic (exact) mass is 258 g/mol. The van der Waals surface area contributed by atoms with Gasteiger partial charge in [-0.3, -0.25) is 0 Å². The minimum Gasteiger partial charge on any atom is -0.397 e. The molecule has 0 aliphatic carbocycles. The lowest BCUT2D eigenvalue weighted by atomic mass is 10.0. The molecule has 5 heteroatoms. The van der Waals surface area contributed by atoms with E-state index in [2.05, 4.69) is 5.32 Å². The summed E-state index contributed by atoms with van der Waals surface area (Å²) in [5.74, 6) is -0.506. The molecule has 0 bridgehead atoms. The highest BCUT2D eigenvalue weighted by Gasteiger charge is 2.30. The third-order valence-corrected chi connectivity index (χ3v) is 3.36. The van der Waals surface area contributed by atoms with Gasteiger partial charge in [-0.2, -0.15) is 0 Å². The molecule has 0 spiro atoms. The summed E-state index contributed by atoms with van der Waals surface area (Å²) < 4.78 is 19.4. The van der Waals surface area contributed by atoms with E-state index in [0.717, 1.165) is 19.4 Å². The number of ether oxygens (including phenoxy) is 1. The van der Waals surface area contributed by atoms with Crippen LogP contribution in [0, 0.1) is 5.82 Å². The Bertz CT molecular complexity index is 419. The predicted molar refractivity (Wildman–Crippen MR) is 67.9 cm³/mol. The molecule has 0 aromatic heterocycles. The maximum atomic E-state index is 13.7. The summed E-state index contributed by atoms with van der Waals surface area (Å²) in [6, 6.07) is 3.04. The number of nitrogen functional groups attached to an aromatic ring is 1. The summed E-state index contributed by atoms with van der Waals surface area (Å²) in [5.41, 5.74) is 6.08. The first-order valence-corrected chi connectivity index (χ1v) is 6.01. The van der Waals surface area contributed by atoms with Gasteiger partial charge in [0, 0.05) is 13.2 Å². The van der Waals surface area contributed by atoms with Gasteiger partial charge in [-0.05, 0) is 31.9 Å². The second-order valence-corrected chi connectivity index (χ2v) is 4.99. The zero-order chi connectivity index (χ0) is 12.5. The molecule has 1 aliphatic rings. The molecule has 3 nitrogen and oxygen atoms in total. The number of benzene rings is 1. The molecule has 1 heterocycles. The Kier molecular flexibility index (Phi) is 3.45. The molecule has 94 valence electrons. The number of hydrogen-bond donors (Lipinski definition) is 2. The summed E-state index contributed by atoms with van der Waals surface area (Å²) in [4.78, 5) is 0. The third kappa shape index (κ3) is 2.64. The van der Waals surface area contributed by atoms with E-state index in [9.17, 15) is 4.39 Å². The number of halogens is 2. The summed E-state index contributed by atoms with van der Waals surface area (Å²) in [6.07, 6.45) is 1.99. The smallest absolute Gasteiger partial charge is 0.166 e. The van der Waals surface area contributed by atoms with Gasteiger partial charge in [-0.25, -0.2) is 4.39 Å². The molecule has 1 aromatic carbocycles. The first kappa shape index (κ1) is 12.5. The Morgan fingerprint density at radius 3 is 3.00 bits per heavy atom. The van der Waals surface area contributed by atoms with E-state index < -0.39 is 5.82 Å². The molecule has 2 rings (SSSR count). The molecular formula is C12H16ClFN2O. The van der Waals surface area contributed by atoms with Crippen molar-refractivity contribution in [3.8, 4) is 0 Å². The second-order valence-electron chi connectivity index (χ2n) is 4.58. The Hall–Kier alpha value is -1.00. The molecule has 1 atom stereocenters. The van der Waals surface area contributed by atoms with Gasteiger partial charge in [0.25, 0.3) is 0 Å². The van der Waals surface area contributed by atoms with Crippen LogP contribution < -0.4 is 11.1 Å². The van der Waals surface area contributed by atoms with Crippen molar-refractivity contribution >= 4 is 23.0 Å². The Balaban J connectivity index is 2.11. The van der Waals surface area contributed by atoms with Gasteiger partial charge in [0.2, 0.25) is 0 Å². The maximum Gasteiger partial charge on any atom is 0.166 e. The quantitative estimate of drug-likeness (QED) is 0.820. The average molecular weight is 259 g/mol. The largest absolute Gasteiger partial charge is 0.397 e. The van der Waals surface area contributed by atoms with Crippen LogP contribution in [0.2, 0.25) is 5.02 Å². The highest BCUT2D eigenvalue weighted by atomic mass is 35.5. The summed E-state index contributed by atoms with van der Waals surface area (Å²) in [7, 11) is 0. The van der Waals surface area contributed by atoms with Gasteiger partial charge in [0.05, 0.1) is 22.0 Å². The van der Waals surface area contributed by atoms with Crippen LogP contribution in [0.5, 0.6) is 0 Å². The lowest BCUT2D eigenvalue weighted by Crippen LogP contribution is -2.33. The zero-order valence-electron chi connectivity index (χ0n) is 9.72. The fraction of sp³-hybridized carbons (Fsp3) is 0.500. The van der Waals surface area contributed by atoms with Crippen molar-refractivity contribution in [2.24, 2.45) is 0 Å². The van der Waals surface area contributed by atoms with E-state index in [1.54, 1.807) is 6.07 Å². The summed E-state index contributed by atoms with van der Waals surface area (Å²) >= 11 is 5.71. The topological polar surface area (TPSA) is 47.3 Å². The molecule has 0 radical (unpaired) electrons. The van der Waals surface area contributed by atoms with Gasteiger partial charge in [-0.1, -0.05) is 11.6 Å². The van der Waals surface area contributed by atoms with Crippen molar-refractivity contribution in [2.45, 2.75) is 25.4 Å². The molecule has 1 unspecified atom stereocenters. The fourth-order valence-electron chi connectivity index (χ4n) is 2.00. The van der Waals surface area contributed by atoms with Crippen LogP contribution in [-0.4, -0.2) is 18.8 Å². The van der Waals surface area contributed by atoms with Crippen molar-refractivity contribution < 1.29 is 9.13 Å². The Labute approximate surface area is 105 Å². The van der Waals surface area contributed by atoms with E-state index in [4.69, 9.17) is 22.1 Å². The minimum atomic E-state index is -0.506. The first-order chi connectivity index (χ1) is 8.02. The lowest BCUT2D eigenvalue weighted by molar-refractivity contribution is 0.0315. The van der Waals surface area contributed by atoms with E-state index in [1.807, 2.05) is 6.92 Å². The standard InChI is InChI=1S/C12H16ClFN2O/c1-12(5-2-6-17-12)7-16-11-9(15)4-3-8(13)10(11)14/h3-4,16H,2,5-7,15H2,1H3. The Morgan fingerprint density at radius 1 is 1.59 bits per heavy atom. The van der Waals surface area contributed by atoms with Crippen LogP contribution in [0.3, 0.4) is 0 Å². The van der Waals surface area contributed by atoms with Crippen LogP contribution in [0.4, 0.5) is 15.8 Å². The zero-order valence-corrected chi connectivity index (χ0v) is 10.5. The van der Waals surface area contributed by atoms with E-state index in [-0.39, 0.29) is 16.3 Å². The number of rotatable bonds is 3. The number of anilines is 2. The van der Waals surface area contributed by atoms with Gasteiger partial charge in [0.15, 0.2) is 5.82 Å². The molecular weight excluding hydrogens is 243 g/mol. The van der Waals surface area contributed by atoms with Gasteiger partial charge in [0.1, 0.15) is 0 Å². The number of nitrogens with one attached hydrogen (secondary N) is 1. The van der Waals surface area contributed by atoms with Crippen LogP contribution >= 0.6 is 11.6 Å². The molecule has 17 heavy (non-hydrogen) atoms. The number of hydrogen-bond acceptors (Lipinski definition) is 3. The fourth-order valence-corrected chi connectivity index (χ4v) is 2.15. The van der Waals surface area contributed by atoms with Gasteiger partial charge >= 0.3 is 0 Å². The highest BCUT2D eigenvalue weighted by molar-refractivity contribution is 6.31. The molecule has 1 saturated heterocycles. The van der Waals surface area contributed by atoms with E-state index in [0.29, 0.717) is 12.2 Å². The van der Waals surface area contributed by atoms with E-state index in [1.165, 1.54) is 6.07 Å². The predicted octanol–water partition coefficient (Wildman–Crippen LogP) is 3.04. The van der Waals surface area contributed by atoms with Crippen molar-refractivity contribution in [1.82, 2.24) is 0 Å². The minimum absolute atomic E-state index is 0.0687. The lowest BCUT2D eigenvalue weighted by Gasteiger charge is -2.24. The normalized spacial score (nSPS) is 23.9. The highest BCUT2D eigenvalue weighted by Crippen LogP contribution is 2.31. The van der Waals surface area contributed by atoms with Crippen LogP contribution in [0.1, 0.15) is 19.8 Å². The van der Waals surface area contributed by atoms with E-state index >= 15 is 0 Å². The third-order valence-electron chi connectivity index (χ3n) is 3.07. The summed E-state index contributed by atoms with van der Waals surface area (Å²) in [6.45, 7) is 3.28. The molecule has 3 N–H and O–H groups in total. The molecule has 0 saturated carbocycles. The molecule has 1 aromatic rings. The molecule has 0 amide bonds. The average Bonchev–Trinajstić information content (AvgIpc) is 2.71. The van der Waals surface area contributed by atoms with Crippen molar-refractivity contribution in [3.05, 3.63) is 23.0 Å². The van der Waals surface area contributed by atoms with Gasteiger partial charge < -0.3 is 15.8 Å². The summed E-state index contributed by atoms with van der Waals surface area (Å²) in [5, 5.41) is 3.06. The first-order valence-electron chi connectivity index (χ1n) is 5.63. The van der Waals surface area contributed by atoms with Gasteiger partial charge in [-0.15, -0.1) is 0 Å². The SMILES string of the molecule is CC1(CNc2c(N)ccc(Cl)c2F)CCCO1. The maximum absolute atomic E-state index is 13.7. The van der Waals surface area contributed by atoms with Crippen molar-refractivity contribution in [2.75, 3.05) is 24.2 Å². The van der Waals surface area contributed by atoms with Crippen LogP contribution in [0.25, 0.3) is 0 Å². The van der Waals surface area contributed by atoms with Crippen molar-refractivity contribution in [1.29, 1.82) is 0 Å². The Morgan fingerprint density at radius 2 is 2.35 bits per heavy atom. The number of nitrogens with two attached hydrogens (primary N) is 1.